The van der Waals surface area contributed by atoms with Gasteiger partial charge in [-0.2, -0.15) is 5.10 Å². The average Bonchev–Trinajstić information content (AvgIpc) is 2.38. The molecule has 1 unspecified atom stereocenters. The lowest BCUT2D eigenvalue weighted by molar-refractivity contribution is 0.181. The van der Waals surface area contributed by atoms with Crippen LogP contribution in [0.15, 0.2) is 15.5 Å². The molecule has 0 aliphatic carbocycles. The predicted octanol–water partition coefficient (Wildman–Crippen LogP) is 1.01. The van der Waals surface area contributed by atoms with E-state index in [1.807, 2.05) is 14.1 Å². The third-order valence-corrected chi connectivity index (χ3v) is 3.73. The van der Waals surface area contributed by atoms with E-state index >= 15 is 0 Å². The van der Waals surface area contributed by atoms with Crippen molar-refractivity contribution in [1.29, 1.82) is 0 Å². The maximum atomic E-state index is 12.0. The van der Waals surface area contributed by atoms with Crippen LogP contribution in [-0.4, -0.2) is 55.1 Å². The van der Waals surface area contributed by atoms with Crippen LogP contribution in [0.1, 0.15) is 6.92 Å². The van der Waals surface area contributed by atoms with Gasteiger partial charge in [-0.15, -0.1) is 0 Å². The van der Waals surface area contributed by atoms with E-state index in [-0.39, 0.29) is 5.56 Å². The van der Waals surface area contributed by atoms with Gasteiger partial charge in [0.2, 0.25) is 0 Å². The van der Waals surface area contributed by atoms with Crippen molar-refractivity contribution >= 4 is 21.6 Å². The number of ether oxygens (including phenoxy) is 1. The highest BCUT2D eigenvalue weighted by atomic mass is 79.9. The molecule has 0 fully saturated rings. The second-order valence-electron chi connectivity index (χ2n) is 4.59. The van der Waals surface area contributed by atoms with Crippen LogP contribution in [0.25, 0.3) is 0 Å². The van der Waals surface area contributed by atoms with E-state index in [4.69, 9.17) is 4.74 Å². The summed E-state index contributed by atoms with van der Waals surface area (Å²) in [5, 5.41) is 7.34. The number of hydrogen-bond acceptors (Lipinski definition) is 5. The van der Waals surface area contributed by atoms with Crippen molar-refractivity contribution < 1.29 is 4.74 Å². The summed E-state index contributed by atoms with van der Waals surface area (Å²) >= 11 is 3.32. The number of rotatable bonds is 7. The van der Waals surface area contributed by atoms with Crippen LogP contribution in [0.3, 0.4) is 0 Å². The fraction of sp³-hybridized carbons (Fsp3) is 0.667. The van der Waals surface area contributed by atoms with Crippen LogP contribution in [0.5, 0.6) is 0 Å². The molecule has 0 aliphatic rings. The molecule has 1 aromatic heterocycles. The van der Waals surface area contributed by atoms with Gasteiger partial charge >= 0.3 is 0 Å². The van der Waals surface area contributed by atoms with Gasteiger partial charge < -0.3 is 15.0 Å². The molecule has 1 atom stereocenters. The number of aromatic nitrogens is 2. The Hall–Kier alpha value is -0.920. The minimum absolute atomic E-state index is 0.153. The van der Waals surface area contributed by atoms with E-state index in [0.717, 1.165) is 6.54 Å². The Morgan fingerprint density at radius 1 is 1.58 bits per heavy atom. The van der Waals surface area contributed by atoms with Crippen LogP contribution in [0, 0.1) is 0 Å². The van der Waals surface area contributed by atoms with Gasteiger partial charge in [-0.25, -0.2) is 4.68 Å². The third-order valence-electron chi connectivity index (χ3n) is 2.96. The highest BCUT2D eigenvalue weighted by Gasteiger charge is 2.10. The van der Waals surface area contributed by atoms with Gasteiger partial charge in [-0.3, -0.25) is 4.79 Å². The fourth-order valence-corrected chi connectivity index (χ4v) is 1.81. The van der Waals surface area contributed by atoms with Crippen molar-refractivity contribution in [2.45, 2.75) is 19.5 Å². The zero-order valence-corrected chi connectivity index (χ0v) is 13.4. The molecular formula is C12H21BrN4O2. The number of anilines is 1. The molecule has 0 saturated carbocycles. The maximum absolute atomic E-state index is 12.0. The number of nitrogens with one attached hydrogen (secondary N) is 1. The first kappa shape index (κ1) is 16.1. The molecule has 1 aromatic rings. The fourth-order valence-electron chi connectivity index (χ4n) is 1.37. The number of nitrogens with zero attached hydrogens (tertiary/aromatic N) is 3. The molecule has 108 valence electrons. The quantitative estimate of drug-likeness (QED) is 0.807. The van der Waals surface area contributed by atoms with Gasteiger partial charge in [0.1, 0.15) is 4.47 Å². The zero-order chi connectivity index (χ0) is 14.4. The molecule has 1 heterocycles. The largest absolute Gasteiger partial charge is 0.383 e. The first-order valence-corrected chi connectivity index (χ1v) is 6.91. The van der Waals surface area contributed by atoms with E-state index in [0.29, 0.717) is 29.4 Å². The number of methoxy groups -OCH3 is 1. The van der Waals surface area contributed by atoms with Gasteiger partial charge in [0.05, 0.1) is 25.0 Å². The molecule has 19 heavy (non-hydrogen) atoms. The maximum Gasteiger partial charge on any atom is 0.283 e. The summed E-state index contributed by atoms with van der Waals surface area (Å²) in [4.78, 5) is 14.1. The molecule has 6 nitrogen and oxygen atoms in total. The van der Waals surface area contributed by atoms with E-state index in [2.05, 4.69) is 38.2 Å². The van der Waals surface area contributed by atoms with Crippen molar-refractivity contribution in [2.24, 2.45) is 0 Å². The van der Waals surface area contributed by atoms with Gasteiger partial charge in [0.25, 0.3) is 5.56 Å². The lowest BCUT2D eigenvalue weighted by Crippen LogP contribution is -2.32. The molecule has 0 aliphatic heterocycles. The van der Waals surface area contributed by atoms with E-state index in [1.165, 1.54) is 4.68 Å². The Morgan fingerprint density at radius 3 is 2.84 bits per heavy atom. The number of likely N-dealkylation sites (N-methyl/N-ethyl adjacent to an activating group) is 1. The Labute approximate surface area is 121 Å². The van der Waals surface area contributed by atoms with Gasteiger partial charge in [-0.05, 0) is 36.9 Å². The highest BCUT2D eigenvalue weighted by molar-refractivity contribution is 9.10. The van der Waals surface area contributed by atoms with Crippen molar-refractivity contribution in [2.75, 3.05) is 39.7 Å². The van der Waals surface area contributed by atoms with Crippen LogP contribution in [-0.2, 0) is 11.3 Å². The number of halogens is 1. The second kappa shape index (κ2) is 7.62. The van der Waals surface area contributed by atoms with Crippen LogP contribution in [0.4, 0.5) is 5.69 Å². The molecule has 1 rings (SSSR count). The van der Waals surface area contributed by atoms with Crippen molar-refractivity contribution in [1.82, 2.24) is 14.7 Å². The molecule has 0 bridgehead atoms. The first-order valence-electron chi connectivity index (χ1n) is 6.12. The highest BCUT2D eigenvalue weighted by Crippen LogP contribution is 2.16. The van der Waals surface area contributed by atoms with Crippen molar-refractivity contribution in [3.63, 3.8) is 0 Å². The van der Waals surface area contributed by atoms with Crippen LogP contribution < -0.4 is 10.9 Å². The summed E-state index contributed by atoms with van der Waals surface area (Å²) < 4.78 is 6.83. The normalized spacial score (nSPS) is 12.7. The molecular weight excluding hydrogens is 312 g/mol. The van der Waals surface area contributed by atoms with Gasteiger partial charge in [-0.1, -0.05) is 0 Å². The summed E-state index contributed by atoms with van der Waals surface area (Å²) in [5.74, 6) is 0. The van der Waals surface area contributed by atoms with Gasteiger partial charge in [0.15, 0.2) is 0 Å². The monoisotopic (exact) mass is 332 g/mol. The predicted molar refractivity (Wildman–Crippen MR) is 79.7 cm³/mol. The molecule has 0 saturated heterocycles. The zero-order valence-electron chi connectivity index (χ0n) is 11.8. The molecule has 0 spiro atoms. The molecule has 0 aromatic carbocycles. The third kappa shape index (κ3) is 4.59. The Kier molecular flexibility index (Phi) is 6.47. The standard InChI is InChI=1S/C12H21BrN4O2/c1-9(16(2)3)7-14-10-8-15-17(5-6-19-4)12(18)11(10)13/h8-9,14H,5-7H2,1-4H3. The smallest absolute Gasteiger partial charge is 0.283 e. The SMILES string of the molecule is COCCn1ncc(NCC(C)N(C)C)c(Br)c1=O. The summed E-state index contributed by atoms with van der Waals surface area (Å²) in [6, 6.07) is 0.364. The minimum atomic E-state index is -0.153. The summed E-state index contributed by atoms with van der Waals surface area (Å²) in [6.45, 7) is 3.76. The van der Waals surface area contributed by atoms with E-state index in [1.54, 1.807) is 13.3 Å². The Balaban J connectivity index is 2.76. The summed E-state index contributed by atoms with van der Waals surface area (Å²) in [6.07, 6.45) is 1.66. The van der Waals surface area contributed by atoms with E-state index < -0.39 is 0 Å². The molecule has 1 N–H and O–H groups in total. The second-order valence-corrected chi connectivity index (χ2v) is 5.38. The minimum Gasteiger partial charge on any atom is -0.383 e. The lowest BCUT2D eigenvalue weighted by atomic mass is 10.3. The van der Waals surface area contributed by atoms with Crippen LogP contribution in [0.2, 0.25) is 0 Å². The number of hydrogen-bond donors (Lipinski definition) is 1. The lowest BCUT2D eigenvalue weighted by Gasteiger charge is -2.21. The first-order chi connectivity index (χ1) is 8.97. The Morgan fingerprint density at radius 2 is 2.26 bits per heavy atom. The van der Waals surface area contributed by atoms with E-state index in [9.17, 15) is 4.79 Å². The molecule has 0 radical (unpaired) electrons. The van der Waals surface area contributed by atoms with Crippen molar-refractivity contribution in [3.05, 3.63) is 21.0 Å². The topological polar surface area (TPSA) is 59.4 Å². The molecule has 7 heteroatoms. The molecule has 0 amide bonds. The average molecular weight is 333 g/mol. The van der Waals surface area contributed by atoms with Crippen molar-refractivity contribution in [3.8, 4) is 0 Å². The van der Waals surface area contributed by atoms with Gasteiger partial charge in [0, 0.05) is 19.7 Å². The Bertz CT molecular complexity index is 462. The summed E-state index contributed by atoms with van der Waals surface area (Å²) in [5.41, 5.74) is 0.562. The summed E-state index contributed by atoms with van der Waals surface area (Å²) in [7, 11) is 5.63. The van der Waals surface area contributed by atoms with Crippen LogP contribution >= 0.6 is 15.9 Å².